The fourth-order valence-corrected chi connectivity index (χ4v) is 3.83. The molecule has 2 amide bonds. The van der Waals surface area contributed by atoms with E-state index in [1.54, 1.807) is 18.2 Å². The van der Waals surface area contributed by atoms with E-state index in [1.807, 2.05) is 12.1 Å². The van der Waals surface area contributed by atoms with Gasteiger partial charge in [0.2, 0.25) is 11.0 Å². The third kappa shape index (κ3) is 5.31. The molecule has 0 fully saturated rings. The summed E-state index contributed by atoms with van der Waals surface area (Å²) in [5.74, 6) is 0.253. The second-order valence-electron chi connectivity index (χ2n) is 4.97. The van der Waals surface area contributed by atoms with Gasteiger partial charge in [0, 0.05) is 0 Å². The molecule has 0 atom stereocenters. The van der Waals surface area contributed by atoms with Gasteiger partial charge in [0.25, 0.3) is 5.91 Å². The second-order valence-corrected chi connectivity index (χ2v) is 7.95. The summed E-state index contributed by atoms with van der Waals surface area (Å²) in [6.07, 6.45) is 0. The first-order valence-electron chi connectivity index (χ1n) is 7.51. The van der Waals surface area contributed by atoms with Crippen molar-refractivity contribution < 1.29 is 18.7 Å². The number of thioether (sulfide) groups is 1. The number of nitrogens with zero attached hydrogens (tertiary/aromatic N) is 2. The van der Waals surface area contributed by atoms with Crippen molar-refractivity contribution in [1.82, 2.24) is 10.2 Å². The molecule has 0 aliphatic carbocycles. The van der Waals surface area contributed by atoms with Gasteiger partial charge in [0.15, 0.2) is 14.8 Å². The van der Waals surface area contributed by atoms with Crippen LogP contribution in [0.25, 0.3) is 0 Å². The molecule has 8 nitrogen and oxygen atoms in total. The molecular formula is C16H13BrN4O4S2. The van der Waals surface area contributed by atoms with Crippen molar-refractivity contribution in [3.63, 3.8) is 0 Å². The van der Waals surface area contributed by atoms with Gasteiger partial charge in [0.1, 0.15) is 5.75 Å². The zero-order valence-corrected chi connectivity index (χ0v) is 17.1. The standard InChI is InChI=1S/C16H13BrN4O4S2/c1-24-10-5-3-2-4-9(10)18-13(22)8-26-16-21-20-15(27-16)19-14(23)11-6-7-12(17)25-11/h2-7H,8H2,1H3,(H,18,22)(H,19,20,23). The predicted molar refractivity (Wildman–Crippen MR) is 107 cm³/mol. The normalized spacial score (nSPS) is 10.4. The van der Waals surface area contributed by atoms with Gasteiger partial charge in [-0.3, -0.25) is 14.9 Å². The van der Waals surface area contributed by atoms with Crippen LogP contribution in [0, 0.1) is 0 Å². The average Bonchev–Trinajstić information content (AvgIpc) is 3.29. The molecule has 1 aromatic carbocycles. The van der Waals surface area contributed by atoms with Gasteiger partial charge in [-0.25, -0.2) is 0 Å². The minimum absolute atomic E-state index is 0.145. The van der Waals surface area contributed by atoms with Crippen LogP contribution in [-0.2, 0) is 4.79 Å². The molecule has 0 bridgehead atoms. The minimum atomic E-state index is -0.428. The van der Waals surface area contributed by atoms with Crippen LogP contribution in [0.5, 0.6) is 5.75 Å². The Morgan fingerprint density at radius 2 is 2.04 bits per heavy atom. The molecule has 0 aliphatic rings. The molecule has 0 unspecified atom stereocenters. The number of methoxy groups -OCH3 is 1. The number of hydrogen-bond donors (Lipinski definition) is 2. The Balaban J connectivity index is 1.52. The van der Waals surface area contributed by atoms with Crippen LogP contribution in [0.1, 0.15) is 10.6 Å². The van der Waals surface area contributed by atoms with E-state index >= 15 is 0 Å². The summed E-state index contributed by atoms with van der Waals surface area (Å²) >= 11 is 5.52. The van der Waals surface area contributed by atoms with Gasteiger partial charge in [-0.15, -0.1) is 10.2 Å². The highest BCUT2D eigenvalue weighted by Gasteiger charge is 2.15. The second kappa shape index (κ2) is 9.02. The molecule has 0 saturated carbocycles. The van der Waals surface area contributed by atoms with Gasteiger partial charge in [-0.1, -0.05) is 35.2 Å². The number of halogens is 1. The highest BCUT2D eigenvalue weighted by molar-refractivity contribution is 9.10. The third-order valence-electron chi connectivity index (χ3n) is 3.13. The number of ether oxygens (including phenoxy) is 1. The van der Waals surface area contributed by atoms with Crippen molar-refractivity contribution in [2.75, 3.05) is 23.5 Å². The molecule has 0 aliphatic heterocycles. The molecule has 27 heavy (non-hydrogen) atoms. The van der Waals surface area contributed by atoms with Crippen LogP contribution in [-0.4, -0.2) is 34.9 Å². The van der Waals surface area contributed by atoms with Gasteiger partial charge < -0.3 is 14.5 Å². The number of rotatable bonds is 7. The van der Waals surface area contributed by atoms with E-state index < -0.39 is 5.91 Å². The average molecular weight is 469 g/mol. The fourth-order valence-electron chi connectivity index (χ4n) is 1.98. The Bertz CT molecular complexity index is 959. The summed E-state index contributed by atoms with van der Waals surface area (Å²) in [6, 6.07) is 10.3. The maximum atomic E-state index is 12.1. The van der Waals surface area contributed by atoms with Gasteiger partial charge in [-0.05, 0) is 40.2 Å². The van der Waals surface area contributed by atoms with Crippen LogP contribution >= 0.6 is 39.0 Å². The zero-order chi connectivity index (χ0) is 19.2. The van der Waals surface area contributed by atoms with Gasteiger partial charge >= 0.3 is 0 Å². The monoisotopic (exact) mass is 468 g/mol. The van der Waals surface area contributed by atoms with E-state index in [1.165, 1.54) is 36.3 Å². The number of nitrogens with one attached hydrogen (secondary N) is 2. The summed E-state index contributed by atoms with van der Waals surface area (Å²) in [5, 5.41) is 13.5. The number of hydrogen-bond acceptors (Lipinski definition) is 8. The lowest BCUT2D eigenvalue weighted by atomic mass is 10.3. The number of carbonyl (C=O) groups excluding carboxylic acids is 2. The molecular weight excluding hydrogens is 456 g/mol. The Kier molecular flexibility index (Phi) is 6.48. The topological polar surface area (TPSA) is 106 Å². The van der Waals surface area contributed by atoms with E-state index in [0.29, 0.717) is 25.6 Å². The molecule has 0 spiro atoms. The highest BCUT2D eigenvalue weighted by atomic mass is 79.9. The first-order chi connectivity index (χ1) is 13.0. The van der Waals surface area contributed by atoms with Crippen LogP contribution in [0.4, 0.5) is 10.8 Å². The van der Waals surface area contributed by atoms with Crippen molar-refractivity contribution >= 4 is 61.7 Å². The molecule has 0 radical (unpaired) electrons. The Labute approximate surface area is 170 Å². The van der Waals surface area contributed by atoms with E-state index in [0.717, 1.165) is 0 Å². The first-order valence-corrected chi connectivity index (χ1v) is 10.1. The number of benzene rings is 1. The van der Waals surface area contributed by atoms with Crippen molar-refractivity contribution in [3.05, 3.63) is 46.8 Å². The fraction of sp³-hybridized carbons (Fsp3) is 0.125. The van der Waals surface area contributed by atoms with Crippen molar-refractivity contribution in [3.8, 4) is 5.75 Å². The molecule has 2 heterocycles. The molecule has 3 rings (SSSR count). The Hall–Kier alpha value is -2.37. The van der Waals surface area contributed by atoms with Crippen molar-refractivity contribution in [2.24, 2.45) is 0 Å². The van der Waals surface area contributed by atoms with Crippen LogP contribution in [0.2, 0.25) is 0 Å². The van der Waals surface area contributed by atoms with E-state index in [2.05, 4.69) is 36.8 Å². The van der Waals surface area contributed by atoms with Crippen LogP contribution in [0.15, 0.2) is 49.8 Å². The minimum Gasteiger partial charge on any atom is -0.495 e. The quantitative estimate of drug-likeness (QED) is 0.400. The summed E-state index contributed by atoms with van der Waals surface area (Å²) in [7, 11) is 1.54. The van der Waals surface area contributed by atoms with Crippen molar-refractivity contribution in [1.29, 1.82) is 0 Å². The number of para-hydroxylation sites is 2. The first kappa shape index (κ1) is 19.4. The molecule has 2 aromatic heterocycles. The number of carbonyl (C=O) groups is 2. The lowest BCUT2D eigenvalue weighted by Gasteiger charge is -2.08. The predicted octanol–water partition coefficient (Wildman–Crippen LogP) is 3.89. The van der Waals surface area contributed by atoms with Crippen LogP contribution in [0.3, 0.4) is 0 Å². The number of amides is 2. The number of anilines is 2. The summed E-state index contributed by atoms with van der Waals surface area (Å²) in [5.41, 5.74) is 0.598. The number of furan rings is 1. The largest absolute Gasteiger partial charge is 0.495 e. The summed E-state index contributed by atoms with van der Waals surface area (Å²) in [4.78, 5) is 24.1. The van der Waals surface area contributed by atoms with Crippen molar-refractivity contribution in [2.45, 2.75) is 4.34 Å². The molecule has 2 N–H and O–H groups in total. The lowest BCUT2D eigenvalue weighted by Crippen LogP contribution is -2.14. The zero-order valence-electron chi connectivity index (χ0n) is 13.9. The Morgan fingerprint density at radius 1 is 1.22 bits per heavy atom. The van der Waals surface area contributed by atoms with Gasteiger partial charge in [-0.2, -0.15) is 0 Å². The summed E-state index contributed by atoms with van der Waals surface area (Å²) < 4.78 is 11.4. The molecule has 140 valence electrons. The van der Waals surface area contributed by atoms with E-state index in [9.17, 15) is 9.59 Å². The molecule has 0 saturated heterocycles. The number of aromatic nitrogens is 2. The third-order valence-corrected chi connectivity index (χ3v) is 5.53. The molecule has 3 aromatic rings. The maximum Gasteiger partial charge on any atom is 0.293 e. The van der Waals surface area contributed by atoms with E-state index in [4.69, 9.17) is 9.15 Å². The molecule has 11 heteroatoms. The highest BCUT2D eigenvalue weighted by Crippen LogP contribution is 2.27. The van der Waals surface area contributed by atoms with Gasteiger partial charge in [0.05, 0.1) is 18.6 Å². The SMILES string of the molecule is COc1ccccc1NC(=O)CSc1nnc(NC(=O)c2ccc(Br)o2)s1. The maximum absolute atomic E-state index is 12.1. The smallest absolute Gasteiger partial charge is 0.293 e. The summed E-state index contributed by atoms with van der Waals surface area (Å²) in [6.45, 7) is 0. The van der Waals surface area contributed by atoms with Crippen LogP contribution < -0.4 is 15.4 Å². The Morgan fingerprint density at radius 3 is 2.78 bits per heavy atom. The van der Waals surface area contributed by atoms with E-state index in [-0.39, 0.29) is 17.4 Å². The lowest BCUT2D eigenvalue weighted by molar-refractivity contribution is -0.113.